The van der Waals surface area contributed by atoms with E-state index in [-0.39, 0.29) is 6.42 Å². The molecule has 0 radical (unpaired) electrons. The lowest BCUT2D eigenvalue weighted by Gasteiger charge is -2.00. The SMILES string of the molecule is CC1(c2cnc(CCC(=O)O)s2)CC1. The number of carboxylic acid groups (broad SMARTS) is 1. The molecule has 1 fully saturated rings. The Labute approximate surface area is 86.8 Å². The molecule has 0 aliphatic heterocycles. The number of hydrogen-bond donors (Lipinski definition) is 1. The Kier molecular flexibility index (Phi) is 2.31. The predicted molar refractivity (Wildman–Crippen MR) is 54.7 cm³/mol. The van der Waals surface area contributed by atoms with Gasteiger partial charge in [0.1, 0.15) is 0 Å². The van der Waals surface area contributed by atoms with Crippen LogP contribution in [0.25, 0.3) is 0 Å². The molecule has 1 N–H and O–H groups in total. The van der Waals surface area contributed by atoms with Gasteiger partial charge in [-0.3, -0.25) is 4.79 Å². The second kappa shape index (κ2) is 3.35. The van der Waals surface area contributed by atoms with Crippen LogP contribution < -0.4 is 0 Å². The van der Waals surface area contributed by atoms with E-state index < -0.39 is 5.97 Å². The van der Waals surface area contributed by atoms with E-state index in [1.807, 2.05) is 6.20 Å². The van der Waals surface area contributed by atoms with E-state index in [0.717, 1.165) is 5.01 Å². The highest BCUT2D eigenvalue weighted by atomic mass is 32.1. The topological polar surface area (TPSA) is 50.2 Å². The van der Waals surface area contributed by atoms with Crippen LogP contribution in [-0.4, -0.2) is 16.1 Å². The summed E-state index contributed by atoms with van der Waals surface area (Å²) in [7, 11) is 0. The molecular weight excluding hydrogens is 198 g/mol. The fourth-order valence-electron chi connectivity index (χ4n) is 1.35. The van der Waals surface area contributed by atoms with Crippen molar-refractivity contribution in [3.63, 3.8) is 0 Å². The van der Waals surface area contributed by atoms with Crippen LogP contribution in [0.1, 0.15) is 36.1 Å². The molecule has 1 heterocycles. The highest BCUT2D eigenvalue weighted by Gasteiger charge is 2.40. The van der Waals surface area contributed by atoms with Crippen molar-refractivity contribution in [1.82, 2.24) is 4.98 Å². The number of nitrogens with zero attached hydrogens (tertiary/aromatic N) is 1. The number of carboxylic acids is 1. The maximum absolute atomic E-state index is 10.4. The number of hydrogen-bond acceptors (Lipinski definition) is 3. The van der Waals surface area contributed by atoms with Crippen molar-refractivity contribution in [2.75, 3.05) is 0 Å². The third-order valence-electron chi connectivity index (χ3n) is 2.70. The molecule has 0 spiro atoms. The first-order chi connectivity index (χ1) is 6.60. The number of carbonyl (C=O) groups is 1. The Hall–Kier alpha value is -0.900. The summed E-state index contributed by atoms with van der Waals surface area (Å²) < 4.78 is 0. The zero-order chi connectivity index (χ0) is 10.2. The summed E-state index contributed by atoms with van der Waals surface area (Å²) in [5, 5.41) is 9.48. The average Bonchev–Trinajstić information content (AvgIpc) is 2.70. The van der Waals surface area contributed by atoms with Gasteiger partial charge < -0.3 is 5.11 Å². The van der Waals surface area contributed by atoms with Crippen molar-refractivity contribution in [3.05, 3.63) is 16.1 Å². The van der Waals surface area contributed by atoms with Crippen LogP contribution in [0.2, 0.25) is 0 Å². The maximum atomic E-state index is 10.4. The smallest absolute Gasteiger partial charge is 0.303 e. The number of thiazole rings is 1. The molecular formula is C10H13NO2S. The third-order valence-corrected chi connectivity index (χ3v) is 4.06. The van der Waals surface area contributed by atoms with Gasteiger partial charge in [0, 0.05) is 22.9 Å². The molecule has 1 aliphatic carbocycles. The molecule has 0 bridgehead atoms. The van der Waals surface area contributed by atoms with Crippen molar-refractivity contribution in [2.45, 2.75) is 38.0 Å². The summed E-state index contributed by atoms with van der Waals surface area (Å²) in [6.45, 7) is 2.24. The largest absolute Gasteiger partial charge is 0.481 e. The Balaban J connectivity index is 1.99. The van der Waals surface area contributed by atoms with Gasteiger partial charge in [0.2, 0.25) is 0 Å². The highest BCUT2D eigenvalue weighted by molar-refractivity contribution is 7.11. The van der Waals surface area contributed by atoms with Crippen LogP contribution in [0, 0.1) is 0 Å². The minimum absolute atomic E-state index is 0.184. The number of aliphatic carboxylic acids is 1. The van der Waals surface area contributed by atoms with E-state index in [0.29, 0.717) is 11.8 Å². The van der Waals surface area contributed by atoms with Crippen LogP contribution in [0.15, 0.2) is 6.20 Å². The first-order valence-corrected chi connectivity index (χ1v) is 5.59. The van der Waals surface area contributed by atoms with Crippen LogP contribution >= 0.6 is 11.3 Å². The number of aromatic nitrogens is 1. The van der Waals surface area contributed by atoms with Crippen LogP contribution in [0.5, 0.6) is 0 Å². The first kappa shape index (κ1) is 9.65. The fourth-order valence-corrected chi connectivity index (χ4v) is 2.47. The van der Waals surface area contributed by atoms with Crippen LogP contribution in [0.4, 0.5) is 0 Å². The Bertz CT molecular complexity index is 355. The maximum Gasteiger partial charge on any atom is 0.303 e. The van der Waals surface area contributed by atoms with Gasteiger partial charge in [-0.25, -0.2) is 4.98 Å². The quantitative estimate of drug-likeness (QED) is 0.830. The van der Waals surface area contributed by atoms with Crippen molar-refractivity contribution < 1.29 is 9.90 Å². The van der Waals surface area contributed by atoms with Crippen LogP contribution in [0.3, 0.4) is 0 Å². The van der Waals surface area contributed by atoms with Gasteiger partial charge in [0.15, 0.2) is 0 Å². The number of rotatable bonds is 4. The van der Waals surface area contributed by atoms with E-state index in [1.54, 1.807) is 11.3 Å². The minimum Gasteiger partial charge on any atom is -0.481 e. The molecule has 1 saturated carbocycles. The lowest BCUT2D eigenvalue weighted by atomic mass is 10.1. The van der Waals surface area contributed by atoms with Gasteiger partial charge in [-0.05, 0) is 12.8 Å². The van der Waals surface area contributed by atoms with Crippen molar-refractivity contribution in [2.24, 2.45) is 0 Å². The summed E-state index contributed by atoms with van der Waals surface area (Å²) in [6.07, 6.45) is 5.15. The van der Waals surface area contributed by atoms with Crippen molar-refractivity contribution >= 4 is 17.3 Å². The monoisotopic (exact) mass is 211 g/mol. The van der Waals surface area contributed by atoms with Gasteiger partial charge in [-0.2, -0.15) is 0 Å². The van der Waals surface area contributed by atoms with E-state index >= 15 is 0 Å². The molecule has 76 valence electrons. The lowest BCUT2D eigenvalue weighted by Crippen LogP contribution is -1.96. The molecule has 1 aromatic heterocycles. The molecule has 0 atom stereocenters. The average molecular weight is 211 g/mol. The Morgan fingerprint density at radius 3 is 3.00 bits per heavy atom. The van der Waals surface area contributed by atoms with Gasteiger partial charge in [0.25, 0.3) is 0 Å². The molecule has 3 nitrogen and oxygen atoms in total. The second-order valence-corrected chi connectivity index (χ2v) is 5.19. The molecule has 0 aromatic carbocycles. The zero-order valence-corrected chi connectivity index (χ0v) is 8.93. The van der Waals surface area contributed by atoms with Crippen molar-refractivity contribution in [3.8, 4) is 0 Å². The van der Waals surface area contributed by atoms with E-state index in [4.69, 9.17) is 5.11 Å². The van der Waals surface area contributed by atoms with Gasteiger partial charge in [-0.1, -0.05) is 6.92 Å². The molecule has 4 heteroatoms. The van der Waals surface area contributed by atoms with E-state index in [2.05, 4.69) is 11.9 Å². The van der Waals surface area contributed by atoms with Crippen molar-refractivity contribution in [1.29, 1.82) is 0 Å². The molecule has 0 unspecified atom stereocenters. The summed E-state index contributed by atoms with van der Waals surface area (Å²) in [5.74, 6) is -0.751. The number of aryl methyl sites for hydroxylation is 1. The molecule has 1 aliphatic rings. The second-order valence-electron chi connectivity index (χ2n) is 4.07. The standard InChI is InChI=1S/C10H13NO2S/c1-10(4-5-10)7-6-11-8(14-7)2-3-9(12)13/h6H,2-5H2,1H3,(H,12,13). The van der Waals surface area contributed by atoms with E-state index in [9.17, 15) is 4.79 Å². The summed E-state index contributed by atoms with van der Waals surface area (Å²) in [6, 6.07) is 0. The molecule has 1 aromatic rings. The molecule has 0 amide bonds. The first-order valence-electron chi connectivity index (χ1n) is 4.77. The van der Waals surface area contributed by atoms with Crippen LogP contribution in [-0.2, 0) is 16.6 Å². The summed E-state index contributed by atoms with van der Waals surface area (Å²) in [4.78, 5) is 15.9. The summed E-state index contributed by atoms with van der Waals surface area (Å²) >= 11 is 1.67. The van der Waals surface area contributed by atoms with Gasteiger partial charge in [-0.15, -0.1) is 11.3 Å². The molecule has 2 rings (SSSR count). The van der Waals surface area contributed by atoms with Gasteiger partial charge >= 0.3 is 5.97 Å². The minimum atomic E-state index is -0.751. The third kappa shape index (κ3) is 1.95. The predicted octanol–water partition coefficient (Wildman–Crippen LogP) is 2.21. The lowest BCUT2D eigenvalue weighted by molar-refractivity contribution is -0.136. The van der Waals surface area contributed by atoms with E-state index in [1.165, 1.54) is 17.7 Å². The normalized spacial score (nSPS) is 18.1. The van der Waals surface area contributed by atoms with Gasteiger partial charge in [0.05, 0.1) is 11.4 Å². The zero-order valence-electron chi connectivity index (χ0n) is 8.12. The highest BCUT2D eigenvalue weighted by Crippen LogP contribution is 2.49. The molecule has 14 heavy (non-hydrogen) atoms. The fraction of sp³-hybridized carbons (Fsp3) is 0.600. The Morgan fingerprint density at radius 1 is 1.71 bits per heavy atom. The summed E-state index contributed by atoms with van der Waals surface area (Å²) in [5.41, 5.74) is 0.360. The molecule has 0 saturated heterocycles. The Morgan fingerprint density at radius 2 is 2.43 bits per heavy atom.